The van der Waals surface area contributed by atoms with Crippen LogP contribution in [-0.4, -0.2) is 21.6 Å². The number of halogens is 2. The van der Waals surface area contributed by atoms with Crippen LogP contribution in [-0.2, 0) is 16.3 Å². The van der Waals surface area contributed by atoms with Crippen LogP contribution in [0.4, 0.5) is 5.69 Å². The minimum atomic E-state index is -0.217. The summed E-state index contributed by atoms with van der Waals surface area (Å²) in [6, 6.07) is 4.87. The Balaban J connectivity index is 1.62. The van der Waals surface area contributed by atoms with Crippen LogP contribution in [0.15, 0.2) is 28.2 Å². The highest BCUT2D eigenvalue weighted by atomic mass is 35.5. The van der Waals surface area contributed by atoms with Gasteiger partial charge < -0.3 is 10.3 Å². The molecule has 1 amide bonds. The second kappa shape index (κ2) is 7.17. The molecule has 1 aromatic carbocycles. The predicted molar refractivity (Wildman–Crippen MR) is 95.7 cm³/mol. The van der Waals surface area contributed by atoms with Crippen molar-refractivity contribution < 1.29 is 4.79 Å². The van der Waals surface area contributed by atoms with E-state index in [1.807, 2.05) is 0 Å². The Hall–Kier alpha value is -1.15. The number of nitrogens with zero attached hydrogens (tertiary/aromatic N) is 1. The van der Waals surface area contributed by atoms with E-state index in [4.69, 9.17) is 23.2 Å². The molecule has 2 heterocycles. The molecule has 1 aliphatic heterocycles. The van der Waals surface area contributed by atoms with Gasteiger partial charge in [0.1, 0.15) is 0 Å². The minimum Gasteiger partial charge on any atom is -0.325 e. The number of thioether (sulfide) groups is 2. The second-order valence-electron chi connectivity index (χ2n) is 4.75. The fourth-order valence-corrected chi connectivity index (χ4v) is 4.03. The molecule has 0 unspecified atom stereocenters. The summed E-state index contributed by atoms with van der Waals surface area (Å²) < 4.78 is 0. The van der Waals surface area contributed by atoms with E-state index >= 15 is 0 Å². The summed E-state index contributed by atoms with van der Waals surface area (Å²) in [7, 11) is 0. The number of aromatic amines is 1. The van der Waals surface area contributed by atoms with Crippen molar-refractivity contribution in [2.45, 2.75) is 16.7 Å². The van der Waals surface area contributed by atoms with E-state index in [0.29, 0.717) is 26.6 Å². The number of anilines is 1. The number of benzene rings is 1. The lowest BCUT2D eigenvalue weighted by Gasteiger charge is -2.06. The summed E-state index contributed by atoms with van der Waals surface area (Å²) in [4.78, 5) is 31.0. The van der Waals surface area contributed by atoms with Gasteiger partial charge in [0.05, 0.1) is 21.5 Å². The number of fused-ring (bicyclic) bond motifs is 1. The first-order valence-corrected chi connectivity index (χ1v) is 9.50. The normalized spacial score (nSPS) is 13.0. The van der Waals surface area contributed by atoms with Crippen LogP contribution >= 0.6 is 46.7 Å². The fourth-order valence-electron chi connectivity index (χ4n) is 2.01. The van der Waals surface area contributed by atoms with Gasteiger partial charge in [0, 0.05) is 22.8 Å². The molecule has 0 fully saturated rings. The first-order valence-electron chi connectivity index (χ1n) is 6.60. The van der Waals surface area contributed by atoms with Crippen LogP contribution in [0.25, 0.3) is 0 Å². The van der Waals surface area contributed by atoms with Crippen molar-refractivity contribution in [3.8, 4) is 0 Å². The average molecular weight is 388 g/mol. The Morgan fingerprint density at radius 2 is 2.17 bits per heavy atom. The zero-order valence-electron chi connectivity index (χ0n) is 11.7. The van der Waals surface area contributed by atoms with Crippen LogP contribution in [0, 0.1) is 0 Å². The topological polar surface area (TPSA) is 74.8 Å². The van der Waals surface area contributed by atoms with Gasteiger partial charge in [-0.3, -0.25) is 9.59 Å². The maximum absolute atomic E-state index is 12.0. The number of hydrogen-bond acceptors (Lipinski definition) is 5. The molecule has 2 N–H and O–H groups in total. The first kappa shape index (κ1) is 16.7. The summed E-state index contributed by atoms with van der Waals surface area (Å²) in [5.41, 5.74) is 2.00. The van der Waals surface area contributed by atoms with Crippen LogP contribution in [0.5, 0.6) is 0 Å². The Morgan fingerprint density at radius 1 is 1.35 bits per heavy atom. The molecular weight excluding hydrogens is 377 g/mol. The molecule has 23 heavy (non-hydrogen) atoms. The van der Waals surface area contributed by atoms with Crippen molar-refractivity contribution in [2.75, 3.05) is 11.1 Å². The number of rotatable bonds is 4. The number of H-pyrrole nitrogens is 1. The Morgan fingerprint density at radius 3 is 2.96 bits per heavy atom. The van der Waals surface area contributed by atoms with Gasteiger partial charge in [-0.15, -0.1) is 0 Å². The molecule has 2 aromatic rings. The van der Waals surface area contributed by atoms with E-state index in [9.17, 15) is 9.59 Å². The summed E-state index contributed by atoms with van der Waals surface area (Å²) in [5, 5.41) is 3.98. The molecule has 3 rings (SSSR count). The fraction of sp³-hybridized carbons (Fsp3) is 0.214. The third kappa shape index (κ3) is 4.03. The zero-order valence-corrected chi connectivity index (χ0v) is 14.8. The smallest absolute Gasteiger partial charge is 0.255 e. The SMILES string of the molecule is O=C(CSc1nc2c(c(=O)[nH]1)CSC2)Nc1ccc(Cl)c(Cl)c1. The van der Waals surface area contributed by atoms with Crippen molar-refractivity contribution in [1.82, 2.24) is 9.97 Å². The van der Waals surface area contributed by atoms with Gasteiger partial charge in [-0.2, -0.15) is 11.8 Å². The van der Waals surface area contributed by atoms with E-state index in [2.05, 4.69) is 15.3 Å². The molecule has 0 atom stereocenters. The Labute approximate surface area is 150 Å². The molecule has 1 aliphatic rings. The lowest BCUT2D eigenvalue weighted by atomic mass is 10.3. The van der Waals surface area contributed by atoms with E-state index in [-0.39, 0.29) is 17.2 Å². The van der Waals surface area contributed by atoms with Crippen LogP contribution in [0.2, 0.25) is 10.0 Å². The molecular formula is C14H11Cl2N3O2S2. The van der Waals surface area contributed by atoms with E-state index in [0.717, 1.165) is 17.0 Å². The zero-order chi connectivity index (χ0) is 16.4. The summed E-state index contributed by atoms with van der Waals surface area (Å²) in [5.74, 6) is 1.35. The number of carbonyl (C=O) groups excluding carboxylic acids is 1. The van der Waals surface area contributed by atoms with Gasteiger partial charge in [-0.05, 0) is 18.2 Å². The summed E-state index contributed by atoms with van der Waals surface area (Å²) in [6.45, 7) is 0. The first-order chi connectivity index (χ1) is 11.0. The largest absolute Gasteiger partial charge is 0.325 e. The third-order valence-corrected chi connectivity index (χ3v) is 5.69. The molecule has 5 nitrogen and oxygen atoms in total. The molecule has 0 spiro atoms. The number of aromatic nitrogens is 2. The Kier molecular flexibility index (Phi) is 5.21. The van der Waals surface area contributed by atoms with E-state index in [1.54, 1.807) is 30.0 Å². The van der Waals surface area contributed by atoms with Crippen LogP contribution in [0.3, 0.4) is 0 Å². The van der Waals surface area contributed by atoms with Crippen LogP contribution < -0.4 is 10.9 Å². The van der Waals surface area contributed by atoms with Crippen LogP contribution in [0.1, 0.15) is 11.3 Å². The lowest BCUT2D eigenvalue weighted by Crippen LogP contribution is -2.17. The third-order valence-electron chi connectivity index (χ3n) is 3.11. The lowest BCUT2D eigenvalue weighted by molar-refractivity contribution is -0.113. The van der Waals surface area contributed by atoms with Gasteiger partial charge in [-0.1, -0.05) is 35.0 Å². The van der Waals surface area contributed by atoms with Gasteiger partial charge in [0.15, 0.2) is 5.16 Å². The summed E-state index contributed by atoms with van der Waals surface area (Å²) in [6.07, 6.45) is 0. The molecule has 0 radical (unpaired) electrons. The average Bonchev–Trinajstić information content (AvgIpc) is 2.98. The van der Waals surface area contributed by atoms with Crippen molar-refractivity contribution in [1.29, 1.82) is 0 Å². The highest BCUT2D eigenvalue weighted by Gasteiger charge is 2.18. The van der Waals surface area contributed by atoms with Crippen molar-refractivity contribution in [2.24, 2.45) is 0 Å². The molecule has 0 aliphatic carbocycles. The van der Waals surface area contributed by atoms with Gasteiger partial charge in [-0.25, -0.2) is 4.98 Å². The second-order valence-corrected chi connectivity index (χ2v) is 7.52. The monoisotopic (exact) mass is 387 g/mol. The number of carbonyl (C=O) groups is 1. The highest BCUT2D eigenvalue weighted by molar-refractivity contribution is 7.99. The molecule has 120 valence electrons. The minimum absolute atomic E-state index is 0.118. The maximum Gasteiger partial charge on any atom is 0.255 e. The molecule has 9 heteroatoms. The van der Waals surface area contributed by atoms with E-state index in [1.165, 1.54) is 11.8 Å². The van der Waals surface area contributed by atoms with Crippen molar-refractivity contribution in [3.63, 3.8) is 0 Å². The van der Waals surface area contributed by atoms with E-state index < -0.39 is 0 Å². The van der Waals surface area contributed by atoms with Gasteiger partial charge in [0.2, 0.25) is 5.91 Å². The number of hydrogen-bond donors (Lipinski definition) is 2. The molecule has 0 saturated carbocycles. The quantitative estimate of drug-likeness (QED) is 0.619. The highest BCUT2D eigenvalue weighted by Crippen LogP contribution is 2.27. The number of nitrogens with one attached hydrogen (secondary N) is 2. The predicted octanol–water partition coefficient (Wildman–Crippen LogP) is 3.55. The molecule has 0 bridgehead atoms. The van der Waals surface area contributed by atoms with Gasteiger partial charge in [0.25, 0.3) is 5.56 Å². The van der Waals surface area contributed by atoms with Crippen molar-refractivity contribution in [3.05, 3.63) is 49.9 Å². The standard InChI is InChI=1S/C14H11Cl2N3O2S2/c15-9-2-1-7(3-10(9)16)17-12(20)6-23-14-18-11-5-22-4-8(11)13(21)19-14/h1-3H,4-6H2,(H,17,20)(H,18,19,21). The number of amides is 1. The Bertz CT molecular complexity index is 826. The van der Waals surface area contributed by atoms with Gasteiger partial charge >= 0.3 is 0 Å². The molecule has 1 aromatic heterocycles. The van der Waals surface area contributed by atoms with Crippen molar-refractivity contribution >= 4 is 58.3 Å². The summed E-state index contributed by atoms with van der Waals surface area (Å²) >= 11 is 14.6. The molecule has 0 saturated heterocycles. The maximum atomic E-state index is 12.0.